The van der Waals surface area contributed by atoms with Crippen LogP contribution in [0.15, 0.2) is 41.6 Å². The largest absolute Gasteiger partial charge is 0.387 e. The Kier molecular flexibility index (Phi) is 3.98. The molecule has 1 saturated heterocycles. The van der Waals surface area contributed by atoms with Crippen LogP contribution in [0.25, 0.3) is 0 Å². The van der Waals surface area contributed by atoms with Crippen LogP contribution in [0.2, 0.25) is 0 Å². The van der Waals surface area contributed by atoms with E-state index in [-0.39, 0.29) is 11.5 Å². The Bertz CT molecular complexity index is 492. The molecule has 0 aromatic heterocycles. The van der Waals surface area contributed by atoms with Crippen LogP contribution in [0.1, 0.15) is 18.4 Å². The molecule has 0 radical (unpaired) electrons. The number of benzene rings is 1. The molecule has 1 aliphatic rings. The maximum atomic E-state index is 11.9. The molecule has 1 aromatic carbocycles. The number of nitriles is 1. The van der Waals surface area contributed by atoms with Gasteiger partial charge in [0.05, 0.1) is 0 Å². The summed E-state index contributed by atoms with van der Waals surface area (Å²) in [4.78, 5) is 11.9. The second-order valence-electron chi connectivity index (χ2n) is 4.16. The molecule has 1 heterocycles. The van der Waals surface area contributed by atoms with Crippen molar-refractivity contribution < 1.29 is 4.79 Å². The molecular formula is C14H15N3O. The van der Waals surface area contributed by atoms with Gasteiger partial charge in [-0.2, -0.15) is 5.26 Å². The number of carbonyl (C=O) groups is 1. The van der Waals surface area contributed by atoms with Crippen LogP contribution < -0.4 is 10.6 Å². The molecule has 1 aliphatic heterocycles. The molecule has 2 N–H and O–H groups in total. The second-order valence-corrected chi connectivity index (χ2v) is 4.16. The zero-order valence-electron chi connectivity index (χ0n) is 10.1. The Balaban J connectivity index is 1.99. The van der Waals surface area contributed by atoms with Gasteiger partial charge in [-0.05, 0) is 18.4 Å². The number of nitrogens with one attached hydrogen (secondary N) is 2. The van der Waals surface area contributed by atoms with Gasteiger partial charge in [-0.1, -0.05) is 30.3 Å². The molecule has 1 fully saturated rings. The van der Waals surface area contributed by atoms with Gasteiger partial charge < -0.3 is 10.6 Å². The van der Waals surface area contributed by atoms with Crippen LogP contribution >= 0.6 is 0 Å². The Labute approximate surface area is 106 Å². The number of rotatable bonds is 3. The standard InChI is InChI=1S/C14H15N3O/c15-9-12(13-7-4-8-16-13)14(18)17-10-11-5-2-1-3-6-11/h1-3,5-6,16H,4,7-8,10H2,(H,17,18)/b13-12+. The smallest absolute Gasteiger partial charge is 0.263 e. The Morgan fingerprint density at radius 1 is 1.39 bits per heavy atom. The predicted molar refractivity (Wildman–Crippen MR) is 68.2 cm³/mol. The van der Waals surface area contributed by atoms with E-state index >= 15 is 0 Å². The summed E-state index contributed by atoms with van der Waals surface area (Å²) in [6.07, 6.45) is 1.76. The third-order valence-corrected chi connectivity index (χ3v) is 2.88. The Hall–Kier alpha value is -2.28. The Morgan fingerprint density at radius 3 is 2.78 bits per heavy atom. The molecule has 92 valence electrons. The number of hydrogen-bond acceptors (Lipinski definition) is 3. The third kappa shape index (κ3) is 2.89. The highest BCUT2D eigenvalue weighted by Gasteiger charge is 2.17. The third-order valence-electron chi connectivity index (χ3n) is 2.88. The molecule has 0 aliphatic carbocycles. The first-order chi connectivity index (χ1) is 8.81. The molecule has 1 aromatic rings. The lowest BCUT2D eigenvalue weighted by atomic mass is 10.1. The van der Waals surface area contributed by atoms with Crippen LogP contribution in [0.3, 0.4) is 0 Å². The molecular weight excluding hydrogens is 226 g/mol. The molecule has 0 bridgehead atoms. The lowest BCUT2D eigenvalue weighted by molar-refractivity contribution is -0.117. The van der Waals surface area contributed by atoms with Crippen LogP contribution in [0.5, 0.6) is 0 Å². The van der Waals surface area contributed by atoms with E-state index in [1.54, 1.807) is 0 Å². The SMILES string of the molecule is N#C/C(C(=O)NCc1ccccc1)=C1/CCCN1. The Morgan fingerprint density at radius 2 is 2.17 bits per heavy atom. The number of amides is 1. The molecule has 0 unspecified atom stereocenters. The van der Waals surface area contributed by atoms with Crippen molar-refractivity contribution in [3.8, 4) is 6.07 Å². The molecule has 0 saturated carbocycles. The zero-order valence-corrected chi connectivity index (χ0v) is 10.1. The van der Waals surface area contributed by atoms with Gasteiger partial charge in [0.2, 0.25) is 0 Å². The van der Waals surface area contributed by atoms with E-state index < -0.39 is 0 Å². The fourth-order valence-electron chi connectivity index (χ4n) is 1.93. The first kappa shape index (κ1) is 12.2. The average Bonchev–Trinajstić information content (AvgIpc) is 2.92. The normalized spacial score (nSPS) is 16.6. The number of carbonyl (C=O) groups excluding carboxylic acids is 1. The van der Waals surface area contributed by atoms with Gasteiger partial charge in [0.25, 0.3) is 5.91 Å². The maximum absolute atomic E-state index is 11.9. The summed E-state index contributed by atoms with van der Waals surface area (Å²) in [5.41, 5.74) is 2.00. The van der Waals surface area contributed by atoms with Gasteiger partial charge in [0, 0.05) is 18.8 Å². The van der Waals surface area contributed by atoms with E-state index in [0.717, 1.165) is 30.6 Å². The van der Waals surface area contributed by atoms with Gasteiger partial charge >= 0.3 is 0 Å². The summed E-state index contributed by atoms with van der Waals surface area (Å²) in [5.74, 6) is -0.300. The molecule has 1 amide bonds. The molecule has 0 spiro atoms. The zero-order chi connectivity index (χ0) is 12.8. The highest BCUT2D eigenvalue weighted by Crippen LogP contribution is 2.13. The van der Waals surface area contributed by atoms with Crippen molar-refractivity contribution in [2.75, 3.05) is 6.54 Å². The highest BCUT2D eigenvalue weighted by molar-refractivity contribution is 5.97. The minimum Gasteiger partial charge on any atom is -0.387 e. The van der Waals surface area contributed by atoms with E-state index in [1.807, 2.05) is 36.4 Å². The fourth-order valence-corrected chi connectivity index (χ4v) is 1.93. The minimum atomic E-state index is -0.300. The average molecular weight is 241 g/mol. The molecule has 0 atom stereocenters. The van der Waals surface area contributed by atoms with E-state index in [1.165, 1.54) is 0 Å². The quantitative estimate of drug-likeness (QED) is 0.622. The summed E-state index contributed by atoms with van der Waals surface area (Å²) in [7, 11) is 0. The van der Waals surface area contributed by atoms with Gasteiger partial charge in [0.1, 0.15) is 11.6 Å². The van der Waals surface area contributed by atoms with E-state index in [2.05, 4.69) is 10.6 Å². The van der Waals surface area contributed by atoms with Crippen LogP contribution in [-0.4, -0.2) is 12.5 Å². The first-order valence-corrected chi connectivity index (χ1v) is 6.00. The van der Waals surface area contributed by atoms with E-state index in [0.29, 0.717) is 6.54 Å². The van der Waals surface area contributed by atoms with Crippen molar-refractivity contribution in [2.45, 2.75) is 19.4 Å². The minimum absolute atomic E-state index is 0.212. The second kappa shape index (κ2) is 5.87. The summed E-state index contributed by atoms with van der Waals surface area (Å²) < 4.78 is 0. The van der Waals surface area contributed by atoms with Crippen molar-refractivity contribution in [1.29, 1.82) is 5.26 Å². The summed E-state index contributed by atoms with van der Waals surface area (Å²) in [5, 5.41) is 14.9. The highest BCUT2D eigenvalue weighted by atomic mass is 16.1. The molecule has 18 heavy (non-hydrogen) atoms. The van der Waals surface area contributed by atoms with Crippen LogP contribution in [0.4, 0.5) is 0 Å². The summed E-state index contributed by atoms with van der Waals surface area (Å²) in [6.45, 7) is 1.28. The summed E-state index contributed by atoms with van der Waals surface area (Å²) >= 11 is 0. The monoisotopic (exact) mass is 241 g/mol. The van der Waals surface area contributed by atoms with E-state index in [4.69, 9.17) is 5.26 Å². The van der Waals surface area contributed by atoms with Crippen molar-refractivity contribution in [1.82, 2.24) is 10.6 Å². The number of hydrogen-bond donors (Lipinski definition) is 2. The molecule has 4 heteroatoms. The van der Waals surface area contributed by atoms with Crippen molar-refractivity contribution in [3.05, 3.63) is 47.2 Å². The maximum Gasteiger partial charge on any atom is 0.263 e. The lowest BCUT2D eigenvalue weighted by Gasteiger charge is -2.06. The first-order valence-electron chi connectivity index (χ1n) is 6.00. The van der Waals surface area contributed by atoms with Crippen molar-refractivity contribution >= 4 is 5.91 Å². The lowest BCUT2D eigenvalue weighted by Crippen LogP contribution is -2.26. The van der Waals surface area contributed by atoms with Crippen molar-refractivity contribution in [2.24, 2.45) is 0 Å². The topological polar surface area (TPSA) is 64.9 Å². The summed E-state index contributed by atoms with van der Waals surface area (Å²) in [6, 6.07) is 11.6. The van der Waals surface area contributed by atoms with Gasteiger partial charge in [0.15, 0.2) is 0 Å². The number of nitrogens with zero attached hydrogens (tertiary/aromatic N) is 1. The number of allylic oxidation sites excluding steroid dienone is 1. The fraction of sp³-hybridized carbons (Fsp3) is 0.286. The van der Waals surface area contributed by atoms with E-state index in [9.17, 15) is 4.79 Å². The van der Waals surface area contributed by atoms with Crippen molar-refractivity contribution in [3.63, 3.8) is 0 Å². The van der Waals surface area contributed by atoms with Gasteiger partial charge in [-0.3, -0.25) is 4.79 Å². The van der Waals surface area contributed by atoms with Crippen LogP contribution in [-0.2, 0) is 11.3 Å². The molecule has 2 rings (SSSR count). The van der Waals surface area contributed by atoms with Crippen LogP contribution in [0, 0.1) is 11.3 Å². The van der Waals surface area contributed by atoms with Gasteiger partial charge in [-0.15, -0.1) is 0 Å². The predicted octanol–water partition coefficient (Wildman–Crippen LogP) is 1.46. The molecule has 4 nitrogen and oxygen atoms in total. The van der Waals surface area contributed by atoms with Gasteiger partial charge in [-0.25, -0.2) is 0 Å².